The first-order valence-electron chi connectivity index (χ1n) is 6.18. The van der Waals surface area contributed by atoms with Gasteiger partial charge in [0.25, 0.3) is 5.69 Å². The van der Waals surface area contributed by atoms with Crippen LogP contribution in [0, 0.1) is 24.0 Å². The molecular formula is C14H14ClN3O3. The maximum Gasteiger partial charge on any atom is 0.276 e. The number of aromatic nitrogens is 1. The molecule has 0 atom stereocenters. The molecule has 1 aromatic carbocycles. The van der Waals surface area contributed by atoms with Gasteiger partial charge in [-0.15, -0.1) is 0 Å². The highest BCUT2D eigenvalue weighted by Gasteiger charge is 2.15. The van der Waals surface area contributed by atoms with Crippen molar-refractivity contribution in [1.29, 1.82) is 0 Å². The fourth-order valence-corrected chi connectivity index (χ4v) is 2.08. The summed E-state index contributed by atoms with van der Waals surface area (Å²) in [5, 5.41) is 11.4. The number of benzene rings is 1. The Morgan fingerprint density at radius 3 is 2.71 bits per heavy atom. The number of hydrogen-bond donors (Lipinski definition) is 1. The van der Waals surface area contributed by atoms with Crippen LogP contribution >= 0.6 is 11.6 Å². The minimum Gasteiger partial charge on any atom is -0.487 e. The van der Waals surface area contributed by atoms with Crippen molar-refractivity contribution < 1.29 is 9.66 Å². The molecule has 1 heterocycles. The van der Waals surface area contributed by atoms with E-state index in [4.69, 9.17) is 22.1 Å². The second kappa shape index (κ2) is 5.97. The molecule has 1 aromatic heterocycles. The van der Waals surface area contributed by atoms with Gasteiger partial charge in [-0.2, -0.15) is 0 Å². The van der Waals surface area contributed by atoms with E-state index in [0.717, 1.165) is 5.56 Å². The smallest absolute Gasteiger partial charge is 0.276 e. The minimum absolute atomic E-state index is 0.0160. The van der Waals surface area contributed by atoms with Crippen molar-refractivity contribution in [2.24, 2.45) is 0 Å². The largest absolute Gasteiger partial charge is 0.487 e. The zero-order chi connectivity index (χ0) is 15.6. The van der Waals surface area contributed by atoms with Crippen LogP contribution in [0.3, 0.4) is 0 Å². The molecule has 2 N–H and O–H groups in total. The van der Waals surface area contributed by atoms with Gasteiger partial charge in [0.1, 0.15) is 18.2 Å². The fourth-order valence-electron chi connectivity index (χ4n) is 1.92. The number of nitro groups is 1. The molecule has 0 fully saturated rings. The van der Waals surface area contributed by atoms with E-state index < -0.39 is 4.92 Å². The Morgan fingerprint density at radius 2 is 2.05 bits per heavy atom. The van der Waals surface area contributed by atoms with Gasteiger partial charge in [0.15, 0.2) is 0 Å². The summed E-state index contributed by atoms with van der Waals surface area (Å²) in [6.07, 6.45) is 0. The molecule has 110 valence electrons. The van der Waals surface area contributed by atoms with Crippen LogP contribution < -0.4 is 10.5 Å². The van der Waals surface area contributed by atoms with E-state index in [1.807, 2.05) is 6.92 Å². The summed E-state index contributed by atoms with van der Waals surface area (Å²) >= 11 is 6.00. The molecule has 0 amide bonds. The first kappa shape index (κ1) is 15.1. The van der Waals surface area contributed by atoms with Gasteiger partial charge in [-0.05, 0) is 37.6 Å². The minimum atomic E-state index is -0.437. The van der Waals surface area contributed by atoms with Gasteiger partial charge < -0.3 is 10.5 Å². The lowest BCUT2D eigenvalue weighted by atomic mass is 10.1. The fraction of sp³-hybridized carbons (Fsp3) is 0.214. The Labute approximate surface area is 126 Å². The Bertz CT molecular complexity index is 704. The van der Waals surface area contributed by atoms with E-state index in [-0.39, 0.29) is 12.3 Å². The summed E-state index contributed by atoms with van der Waals surface area (Å²) in [7, 11) is 0. The summed E-state index contributed by atoms with van der Waals surface area (Å²) in [6.45, 7) is 3.59. The number of ether oxygens (including phenoxy) is 1. The lowest BCUT2D eigenvalue weighted by Crippen LogP contribution is -2.03. The van der Waals surface area contributed by atoms with Crippen molar-refractivity contribution in [1.82, 2.24) is 4.98 Å². The van der Waals surface area contributed by atoms with E-state index >= 15 is 0 Å². The molecule has 0 unspecified atom stereocenters. The molecule has 21 heavy (non-hydrogen) atoms. The molecule has 0 saturated heterocycles. The number of hydrogen-bond acceptors (Lipinski definition) is 5. The van der Waals surface area contributed by atoms with Crippen molar-refractivity contribution in [2.75, 3.05) is 5.73 Å². The third-order valence-electron chi connectivity index (χ3n) is 2.99. The van der Waals surface area contributed by atoms with Crippen molar-refractivity contribution in [3.8, 4) is 5.75 Å². The predicted molar refractivity (Wildman–Crippen MR) is 80.6 cm³/mol. The summed E-state index contributed by atoms with van der Waals surface area (Å²) in [5.41, 5.74) is 7.49. The Kier molecular flexibility index (Phi) is 4.28. The molecule has 0 aliphatic carbocycles. The highest BCUT2D eigenvalue weighted by molar-refractivity contribution is 6.31. The van der Waals surface area contributed by atoms with Gasteiger partial charge in [0.2, 0.25) is 0 Å². The van der Waals surface area contributed by atoms with E-state index in [0.29, 0.717) is 27.8 Å². The molecule has 2 rings (SSSR count). The topological polar surface area (TPSA) is 91.3 Å². The van der Waals surface area contributed by atoms with Gasteiger partial charge in [-0.25, -0.2) is 4.98 Å². The lowest BCUT2D eigenvalue weighted by molar-refractivity contribution is -0.385. The maximum atomic E-state index is 11.0. The van der Waals surface area contributed by atoms with Crippen LogP contribution in [0.5, 0.6) is 5.75 Å². The first-order chi connectivity index (χ1) is 9.88. The summed E-state index contributed by atoms with van der Waals surface area (Å²) in [6, 6.07) is 6.34. The van der Waals surface area contributed by atoms with Crippen LogP contribution in [0.2, 0.25) is 5.02 Å². The number of rotatable bonds is 4. The zero-order valence-corrected chi connectivity index (χ0v) is 12.3. The lowest BCUT2D eigenvalue weighted by Gasteiger charge is -2.11. The van der Waals surface area contributed by atoms with Crippen LogP contribution in [0.25, 0.3) is 0 Å². The SMILES string of the molecule is Cc1cc(C)c([N+](=O)[O-])cc1OCc1nc(N)ccc1Cl. The highest BCUT2D eigenvalue weighted by Crippen LogP contribution is 2.29. The molecule has 0 radical (unpaired) electrons. The van der Waals surface area contributed by atoms with Crippen molar-refractivity contribution in [2.45, 2.75) is 20.5 Å². The van der Waals surface area contributed by atoms with Gasteiger partial charge >= 0.3 is 0 Å². The van der Waals surface area contributed by atoms with Crippen molar-refractivity contribution in [3.63, 3.8) is 0 Å². The monoisotopic (exact) mass is 307 g/mol. The average molecular weight is 308 g/mol. The van der Waals surface area contributed by atoms with Crippen molar-refractivity contribution in [3.05, 3.63) is 56.2 Å². The number of nitrogen functional groups attached to an aromatic ring is 1. The van der Waals surface area contributed by atoms with E-state index in [9.17, 15) is 10.1 Å². The number of nitrogens with two attached hydrogens (primary N) is 1. The van der Waals surface area contributed by atoms with E-state index in [2.05, 4.69) is 4.98 Å². The summed E-state index contributed by atoms with van der Waals surface area (Å²) < 4.78 is 5.60. The molecular weight excluding hydrogens is 294 g/mol. The van der Waals surface area contributed by atoms with E-state index in [1.165, 1.54) is 6.07 Å². The van der Waals surface area contributed by atoms with Crippen molar-refractivity contribution >= 4 is 23.1 Å². The van der Waals surface area contributed by atoms with Crippen LogP contribution in [-0.2, 0) is 6.61 Å². The molecule has 0 bridgehead atoms. The first-order valence-corrected chi connectivity index (χ1v) is 6.55. The molecule has 6 nitrogen and oxygen atoms in total. The standard InChI is InChI=1S/C14H14ClN3O3/c1-8-5-9(2)13(6-12(8)18(19)20)21-7-11-10(15)3-4-14(16)17-11/h3-6H,7H2,1-2H3,(H2,16,17). The average Bonchev–Trinajstić information content (AvgIpc) is 2.41. The number of anilines is 1. The van der Waals surface area contributed by atoms with Crippen LogP contribution in [0.1, 0.15) is 16.8 Å². The number of nitro benzene ring substituents is 1. The molecule has 7 heteroatoms. The third-order valence-corrected chi connectivity index (χ3v) is 3.34. The summed E-state index contributed by atoms with van der Waals surface area (Å²) in [5.74, 6) is 0.761. The number of nitrogens with zero attached hydrogens (tertiary/aromatic N) is 2. The maximum absolute atomic E-state index is 11.0. The second-order valence-corrected chi connectivity index (χ2v) is 5.02. The van der Waals surface area contributed by atoms with Crippen LogP contribution in [-0.4, -0.2) is 9.91 Å². The Balaban J connectivity index is 2.25. The number of halogens is 1. The predicted octanol–water partition coefficient (Wildman–Crippen LogP) is 3.42. The molecule has 0 aliphatic rings. The molecule has 0 spiro atoms. The van der Waals surface area contributed by atoms with Crippen LogP contribution in [0.15, 0.2) is 24.3 Å². The quantitative estimate of drug-likeness (QED) is 0.690. The van der Waals surface area contributed by atoms with Gasteiger partial charge in [-0.3, -0.25) is 10.1 Å². The Hall–Kier alpha value is -2.34. The summed E-state index contributed by atoms with van der Waals surface area (Å²) in [4.78, 5) is 14.6. The Morgan fingerprint density at radius 1 is 1.33 bits per heavy atom. The van der Waals surface area contributed by atoms with Gasteiger partial charge in [0.05, 0.1) is 21.7 Å². The third kappa shape index (κ3) is 3.41. The number of pyridine rings is 1. The van der Waals surface area contributed by atoms with E-state index in [1.54, 1.807) is 25.1 Å². The van der Waals surface area contributed by atoms with Crippen LogP contribution in [0.4, 0.5) is 11.5 Å². The molecule has 0 saturated carbocycles. The normalized spacial score (nSPS) is 10.4. The zero-order valence-electron chi connectivity index (χ0n) is 11.6. The van der Waals surface area contributed by atoms with Gasteiger partial charge in [-0.1, -0.05) is 11.6 Å². The van der Waals surface area contributed by atoms with Gasteiger partial charge in [0, 0.05) is 5.56 Å². The highest BCUT2D eigenvalue weighted by atomic mass is 35.5. The molecule has 0 aliphatic heterocycles. The second-order valence-electron chi connectivity index (χ2n) is 4.61. The number of aryl methyl sites for hydroxylation is 2. The molecule has 2 aromatic rings.